The summed E-state index contributed by atoms with van der Waals surface area (Å²) < 4.78 is 10.6. The molecule has 0 aliphatic carbocycles. The number of guanidine groups is 1. The molecule has 26 heavy (non-hydrogen) atoms. The van der Waals surface area contributed by atoms with Gasteiger partial charge < -0.3 is 20.5 Å². The minimum Gasteiger partial charge on any atom is -0.460 e. The van der Waals surface area contributed by atoms with Crippen molar-refractivity contribution >= 4 is 11.9 Å². The van der Waals surface area contributed by atoms with Crippen LogP contribution in [0.4, 0.5) is 0 Å². The molecule has 1 aliphatic rings. The summed E-state index contributed by atoms with van der Waals surface area (Å²) in [6.45, 7) is 12.0. The van der Waals surface area contributed by atoms with Gasteiger partial charge in [-0.2, -0.15) is 0 Å². The smallest absolute Gasteiger partial charge is 0.306 e. The Morgan fingerprint density at radius 2 is 1.85 bits per heavy atom. The molecular formula is C19H38N4O3. The van der Waals surface area contributed by atoms with Gasteiger partial charge in [-0.05, 0) is 40.0 Å². The first-order valence-corrected chi connectivity index (χ1v) is 9.92. The van der Waals surface area contributed by atoms with E-state index in [-0.39, 0.29) is 11.6 Å². The van der Waals surface area contributed by atoms with Crippen LogP contribution in [0.2, 0.25) is 0 Å². The fraction of sp³-hybridized carbons (Fsp3) is 0.895. The van der Waals surface area contributed by atoms with E-state index in [4.69, 9.17) is 15.2 Å². The number of unbranched alkanes of at least 4 members (excludes halogenated alkanes) is 3. The van der Waals surface area contributed by atoms with Gasteiger partial charge in [-0.25, -0.2) is 0 Å². The monoisotopic (exact) mass is 370 g/mol. The first-order chi connectivity index (χ1) is 12.4. The third-order valence-electron chi connectivity index (χ3n) is 4.05. The van der Waals surface area contributed by atoms with E-state index in [1.54, 1.807) is 0 Å². The van der Waals surface area contributed by atoms with Crippen molar-refractivity contribution < 1.29 is 14.3 Å². The van der Waals surface area contributed by atoms with Crippen molar-refractivity contribution in [2.75, 3.05) is 45.9 Å². The molecule has 0 aromatic rings. The minimum atomic E-state index is -0.389. The first kappa shape index (κ1) is 22.7. The normalized spacial score (nSPS) is 16.5. The molecule has 152 valence electrons. The maximum absolute atomic E-state index is 11.6. The maximum Gasteiger partial charge on any atom is 0.306 e. The van der Waals surface area contributed by atoms with Gasteiger partial charge in [0.2, 0.25) is 0 Å². The molecule has 1 heterocycles. The number of esters is 1. The molecule has 0 atom stereocenters. The van der Waals surface area contributed by atoms with E-state index in [9.17, 15) is 4.79 Å². The molecule has 0 unspecified atom stereocenters. The van der Waals surface area contributed by atoms with E-state index in [2.05, 4.69) is 15.2 Å². The molecule has 1 fully saturated rings. The van der Waals surface area contributed by atoms with E-state index in [0.717, 1.165) is 78.0 Å². The van der Waals surface area contributed by atoms with Crippen molar-refractivity contribution in [1.82, 2.24) is 10.2 Å². The molecule has 0 aromatic heterocycles. The van der Waals surface area contributed by atoms with Gasteiger partial charge in [0.25, 0.3) is 0 Å². The largest absolute Gasteiger partial charge is 0.460 e. The molecule has 1 saturated heterocycles. The van der Waals surface area contributed by atoms with Crippen molar-refractivity contribution in [3.05, 3.63) is 0 Å². The number of nitrogens with zero attached hydrogens (tertiary/aromatic N) is 2. The van der Waals surface area contributed by atoms with Gasteiger partial charge in [-0.15, -0.1) is 0 Å². The Morgan fingerprint density at radius 3 is 2.54 bits per heavy atom. The van der Waals surface area contributed by atoms with E-state index >= 15 is 0 Å². The number of morpholine rings is 1. The van der Waals surface area contributed by atoms with E-state index in [1.807, 2.05) is 20.8 Å². The molecule has 0 saturated carbocycles. The van der Waals surface area contributed by atoms with Crippen molar-refractivity contribution in [3.8, 4) is 0 Å². The second-order valence-corrected chi connectivity index (χ2v) is 7.75. The summed E-state index contributed by atoms with van der Waals surface area (Å²) in [6, 6.07) is 0. The molecule has 7 nitrogen and oxygen atoms in total. The van der Waals surface area contributed by atoms with Gasteiger partial charge >= 0.3 is 5.97 Å². The van der Waals surface area contributed by atoms with Gasteiger partial charge in [0, 0.05) is 39.1 Å². The highest BCUT2D eigenvalue weighted by Gasteiger charge is 2.15. The molecule has 0 bridgehead atoms. The predicted molar refractivity (Wildman–Crippen MR) is 105 cm³/mol. The van der Waals surface area contributed by atoms with E-state index in [1.165, 1.54) is 0 Å². The Kier molecular flexibility index (Phi) is 11.3. The lowest BCUT2D eigenvalue weighted by molar-refractivity contribution is -0.154. The predicted octanol–water partition coefficient (Wildman–Crippen LogP) is 1.91. The van der Waals surface area contributed by atoms with Gasteiger partial charge in [-0.1, -0.05) is 12.8 Å². The lowest BCUT2D eigenvalue weighted by Gasteiger charge is -2.26. The number of hydrogen-bond acceptors (Lipinski definition) is 5. The molecular weight excluding hydrogens is 332 g/mol. The van der Waals surface area contributed by atoms with Crippen LogP contribution in [0, 0.1) is 0 Å². The summed E-state index contributed by atoms with van der Waals surface area (Å²) in [5.41, 5.74) is 5.49. The van der Waals surface area contributed by atoms with Crippen LogP contribution in [0.25, 0.3) is 0 Å². The molecule has 1 aliphatic heterocycles. The summed E-state index contributed by atoms with van der Waals surface area (Å²) in [5, 5.41) is 3.15. The number of hydrogen-bond donors (Lipinski definition) is 2. The second-order valence-electron chi connectivity index (χ2n) is 7.75. The van der Waals surface area contributed by atoms with Gasteiger partial charge in [-0.3, -0.25) is 14.7 Å². The summed E-state index contributed by atoms with van der Waals surface area (Å²) in [6.07, 6.45) is 5.51. The highest BCUT2D eigenvalue weighted by Crippen LogP contribution is 2.10. The van der Waals surface area contributed by atoms with Crippen LogP contribution in [0.1, 0.15) is 59.3 Å². The topological polar surface area (TPSA) is 89.2 Å². The summed E-state index contributed by atoms with van der Waals surface area (Å²) in [7, 11) is 0. The number of carbonyl (C=O) groups is 1. The highest BCUT2D eigenvalue weighted by atomic mass is 16.6. The number of nitrogens with two attached hydrogens (primary N) is 1. The number of carbonyl (C=O) groups excluding carboxylic acids is 1. The zero-order chi connectivity index (χ0) is 19.3. The third kappa shape index (κ3) is 12.9. The lowest BCUT2D eigenvalue weighted by Crippen LogP contribution is -2.37. The molecule has 0 aromatic carbocycles. The van der Waals surface area contributed by atoms with E-state index in [0.29, 0.717) is 12.4 Å². The van der Waals surface area contributed by atoms with Crippen LogP contribution in [-0.4, -0.2) is 68.4 Å². The van der Waals surface area contributed by atoms with Crippen molar-refractivity contribution in [2.24, 2.45) is 10.7 Å². The molecule has 7 heteroatoms. The summed E-state index contributed by atoms with van der Waals surface area (Å²) >= 11 is 0. The van der Waals surface area contributed by atoms with Crippen LogP contribution < -0.4 is 11.1 Å². The number of rotatable bonds is 11. The third-order valence-corrected chi connectivity index (χ3v) is 4.05. The summed E-state index contributed by atoms with van der Waals surface area (Å²) in [5.74, 6) is 0.421. The Labute approximate surface area is 158 Å². The fourth-order valence-corrected chi connectivity index (χ4v) is 2.73. The average Bonchev–Trinajstić information content (AvgIpc) is 2.57. The van der Waals surface area contributed by atoms with Crippen LogP contribution >= 0.6 is 0 Å². The Hall–Kier alpha value is -1.34. The van der Waals surface area contributed by atoms with Crippen molar-refractivity contribution in [1.29, 1.82) is 0 Å². The van der Waals surface area contributed by atoms with Gasteiger partial charge in [0.15, 0.2) is 5.96 Å². The van der Waals surface area contributed by atoms with Crippen LogP contribution in [0.5, 0.6) is 0 Å². The van der Waals surface area contributed by atoms with Crippen LogP contribution in [0.3, 0.4) is 0 Å². The molecule has 0 amide bonds. The SMILES string of the molecule is CC(C)(C)OC(=O)CCCCCCNC(N)=NCCCN1CCOCC1. The highest BCUT2D eigenvalue weighted by molar-refractivity contribution is 5.77. The molecule has 1 rings (SSSR count). The minimum absolute atomic E-state index is 0.107. The maximum atomic E-state index is 11.6. The molecule has 3 N–H and O–H groups in total. The quantitative estimate of drug-likeness (QED) is 0.250. The number of ether oxygens (including phenoxy) is 2. The number of aliphatic imine (C=N–C) groups is 1. The van der Waals surface area contributed by atoms with Crippen LogP contribution in [0.15, 0.2) is 4.99 Å². The summed E-state index contributed by atoms with van der Waals surface area (Å²) in [4.78, 5) is 18.4. The number of nitrogens with one attached hydrogen (secondary N) is 1. The lowest BCUT2D eigenvalue weighted by atomic mass is 10.1. The van der Waals surface area contributed by atoms with Gasteiger partial charge in [0.1, 0.15) is 5.60 Å². The zero-order valence-corrected chi connectivity index (χ0v) is 16.9. The Morgan fingerprint density at radius 1 is 1.15 bits per heavy atom. The molecule has 0 spiro atoms. The van der Waals surface area contributed by atoms with Gasteiger partial charge in [0.05, 0.1) is 13.2 Å². The second kappa shape index (κ2) is 12.9. The first-order valence-electron chi connectivity index (χ1n) is 9.92. The van der Waals surface area contributed by atoms with E-state index < -0.39 is 0 Å². The Bertz CT molecular complexity index is 415. The van der Waals surface area contributed by atoms with Crippen molar-refractivity contribution in [3.63, 3.8) is 0 Å². The fourth-order valence-electron chi connectivity index (χ4n) is 2.73. The van der Waals surface area contributed by atoms with Crippen LogP contribution in [-0.2, 0) is 14.3 Å². The Balaban J connectivity index is 1.92. The average molecular weight is 371 g/mol. The molecule has 0 radical (unpaired) electrons. The standard InChI is InChI=1S/C19H38N4O3/c1-19(2,3)26-17(24)9-6-4-5-7-10-21-18(20)22-11-8-12-23-13-15-25-16-14-23/h4-16H2,1-3H3,(H3,20,21,22). The van der Waals surface area contributed by atoms with Crippen molar-refractivity contribution in [2.45, 2.75) is 64.9 Å². The zero-order valence-electron chi connectivity index (χ0n) is 16.9.